The first-order valence-corrected chi connectivity index (χ1v) is 12.3. The van der Waals surface area contributed by atoms with Crippen LogP contribution < -0.4 is 21.1 Å². The zero-order valence-electron chi connectivity index (χ0n) is 20.9. The summed E-state index contributed by atoms with van der Waals surface area (Å²) >= 11 is 0. The summed E-state index contributed by atoms with van der Waals surface area (Å²) in [5.74, 6) is -0.0808. The van der Waals surface area contributed by atoms with Crippen molar-refractivity contribution in [1.29, 1.82) is 0 Å². The maximum absolute atomic E-state index is 13.5. The first kappa shape index (κ1) is 25.2. The Labute approximate surface area is 209 Å². The summed E-state index contributed by atoms with van der Waals surface area (Å²) in [7, 11) is 0. The number of aromatic nitrogens is 3. The lowest BCUT2D eigenvalue weighted by Gasteiger charge is -2.33. The van der Waals surface area contributed by atoms with Crippen LogP contribution >= 0.6 is 0 Å². The number of piperidine rings is 1. The summed E-state index contributed by atoms with van der Waals surface area (Å²) in [6.07, 6.45) is 2.95. The number of aryl methyl sites for hydroxylation is 1. The molecule has 3 aromatic rings. The maximum Gasteiger partial charge on any atom is 0.328 e. The van der Waals surface area contributed by atoms with Crippen molar-refractivity contribution in [2.75, 3.05) is 24.6 Å². The van der Waals surface area contributed by atoms with Gasteiger partial charge in [-0.3, -0.25) is 9.36 Å². The molecule has 2 amide bonds. The molecule has 1 aliphatic heterocycles. The van der Waals surface area contributed by atoms with Gasteiger partial charge >= 0.3 is 12.0 Å². The number of rotatable bonds is 7. The Kier molecular flexibility index (Phi) is 7.82. The van der Waals surface area contributed by atoms with Gasteiger partial charge in [0, 0.05) is 25.3 Å². The summed E-state index contributed by atoms with van der Waals surface area (Å²) in [5.41, 5.74) is 3.19. The molecule has 0 radical (unpaired) electrons. The Hall–Kier alpha value is -3.95. The maximum atomic E-state index is 13.5. The van der Waals surface area contributed by atoms with Gasteiger partial charge in [0.2, 0.25) is 0 Å². The minimum Gasteiger partial charge on any atom is -0.464 e. The molecule has 190 valence electrons. The zero-order chi connectivity index (χ0) is 25.7. The smallest absolute Gasteiger partial charge is 0.328 e. The quantitative estimate of drug-likeness (QED) is 0.486. The van der Waals surface area contributed by atoms with Crippen LogP contribution in [0.15, 0.2) is 47.4 Å². The van der Waals surface area contributed by atoms with Gasteiger partial charge < -0.3 is 20.3 Å². The molecule has 1 saturated heterocycles. The van der Waals surface area contributed by atoms with Gasteiger partial charge in [-0.1, -0.05) is 29.8 Å². The summed E-state index contributed by atoms with van der Waals surface area (Å²) in [5, 5.41) is 5.52. The largest absolute Gasteiger partial charge is 0.464 e. The Bertz CT molecular complexity index is 1280. The standard InChI is InChI=1S/C26H32N6O4/c1-4-36-25(34)18(3)28-26(35)29-20-11-14-31(15-12-20)23-24(33)32(16-19-9-7-17(2)8-10-19)22-21(30-23)6-5-13-27-22/h5-10,13,18,20H,4,11-12,14-16H2,1-3H3,(H2,28,29,35)/t18-/m0/s1. The number of fused-ring (bicyclic) bond motifs is 1. The number of carbonyl (C=O) groups is 2. The van der Waals surface area contributed by atoms with E-state index >= 15 is 0 Å². The predicted molar refractivity (Wildman–Crippen MR) is 137 cm³/mol. The number of ether oxygens (including phenoxy) is 1. The van der Waals surface area contributed by atoms with Crippen molar-refractivity contribution in [2.24, 2.45) is 0 Å². The van der Waals surface area contributed by atoms with Gasteiger partial charge in [0.25, 0.3) is 5.56 Å². The van der Waals surface area contributed by atoms with Crippen molar-refractivity contribution in [3.05, 3.63) is 64.1 Å². The molecule has 2 aromatic heterocycles. The molecule has 10 nitrogen and oxygen atoms in total. The normalized spacial score (nSPS) is 14.9. The molecule has 0 unspecified atom stereocenters. The van der Waals surface area contributed by atoms with Crippen LogP contribution in [0.4, 0.5) is 10.6 Å². The minimum atomic E-state index is -0.729. The molecule has 1 fully saturated rings. The van der Waals surface area contributed by atoms with Crippen molar-refractivity contribution < 1.29 is 14.3 Å². The van der Waals surface area contributed by atoms with Crippen molar-refractivity contribution >= 4 is 29.0 Å². The molecular weight excluding hydrogens is 460 g/mol. The van der Waals surface area contributed by atoms with E-state index in [2.05, 4.69) is 20.6 Å². The van der Waals surface area contributed by atoms with Crippen LogP contribution in [0.1, 0.15) is 37.8 Å². The number of nitrogens with one attached hydrogen (secondary N) is 2. The second kappa shape index (κ2) is 11.2. The number of benzene rings is 1. The van der Waals surface area contributed by atoms with E-state index in [9.17, 15) is 14.4 Å². The van der Waals surface area contributed by atoms with E-state index < -0.39 is 18.0 Å². The van der Waals surface area contributed by atoms with Gasteiger partial charge in [-0.2, -0.15) is 0 Å². The van der Waals surface area contributed by atoms with Crippen molar-refractivity contribution in [3.8, 4) is 0 Å². The van der Waals surface area contributed by atoms with Crippen molar-refractivity contribution in [3.63, 3.8) is 0 Å². The Morgan fingerprint density at radius 3 is 2.58 bits per heavy atom. The highest BCUT2D eigenvalue weighted by Gasteiger charge is 2.26. The molecule has 1 aromatic carbocycles. The van der Waals surface area contributed by atoms with Gasteiger partial charge in [-0.05, 0) is 51.3 Å². The third kappa shape index (κ3) is 5.81. The fourth-order valence-electron chi connectivity index (χ4n) is 4.28. The second-order valence-electron chi connectivity index (χ2n) is 9.01. The molecule has 1 atom stereocenters. The van der Waals surface area contributed by atoms with E-state index in [4.69, 9.17) is 4.74 Å². The first-order valence-electron chi connectivity index (χ1n) is 12.3. The lowest BCUT2D eigenvalue weighted by atomic mass is 10.1. The molecule has 0 bridgehead atoms. The fourth-order valence-corrected chi connectivity index (χ4v) is 4.28. The molecule has 10 heteroatoms. The predicted octanol–water partition coefficient (Wildman–Crippen LogP) is 2.37. The van der Waals surface area contributed by atoms with Crippen LogP contribution in [0.3, 0.4) is 0 Å². The molecule has 3 heterocycles. The number of hydrogen-bond acceptors (Lipinski definition) is 7. The highest BCUT2D eigenvalue weighted by atomic mass is 16.5. The lowest BCUT2D eigenvalue weighted by Crippen LogP contribution is -2.51. The van der Waals surface area contributed by atoms with Crippen LogP contribution in [0.25, 0.3) is 11.2 Å². The lowest BCUT2D eigenvalue weighted by molar-refractivity contribution is -0.144. The van der Waals surface area contributed by atoms with E-state index in [1.807, 2.05) is 48.2 Å². The number of anilines is 1. The zero-order valence-corrected chi connectivity index (χ0v) is 20.9. The van der Waals surface area contributed by atoms with Crippen molar-refractivity contribution in [1.82, 2.24) is 25.2 Å². The monoisotopic (exact) mass is 492 g/mol. The van der Waals surface area contributed by atoms with Gasteiger partial charge in [0.05, 0.1) is 13.2 Å². The molecule has 0 saturated carbocycles. The summed E-state index contributed by atoms with van der Waals surface area (Å²) in [4.78, 5) is 48.6. The number of esters is 1. The Morgan fingerprint density at radius 1 is 1.17 bits per heavy atom. The van der Waals surface area contributed by atoms with Crippen molar-refractivity contribution in [2.45, 2.75) is 52.2 Å². The fraction of sp³-hybridized carbons (Fsp3) is 0.423. The second-order valence-corrected chi connectivity index (χ2v) is 9.01. The molecule has 0 aliphatic carbocycles. The molecule has 4 rings (SSSR count). The van der Waals surface area contributed by atoms with E-state index in [-0.39, 0.29) is 18.2 Å². The summed E-state index contributed by atoms with van der Waals surface area (Å²) in [6, 6.07) is 10.5. The summed E-state index contributed by atoms with van der Waals surface area (Å²) in [6.45, 7) is 7.13. The van der Waals surface area contributed by atoms with Crippen LogP contribution in [0.5, 0.6) is 0 Å². The third-order valence-corrected chi connectivity index (χ3v) is 6.26. The number of carbonyl (C=O) groups excluding carboxylic acids is 2. The number of hydrogen-bond donors (Lipinski definition) is 2. The Balaban J connectivity index is 1.46. The average Bonchev–Trinajstić information content (AvgIpc) is 2.87. The molecule has 36 heavy (non-hydrogen) atoms. The SMILES string of the molecule is CCOC(=O)[C@H](C)NC(=O)NC1CCN(c2nc3cccnc3n(Cc3ccc(C)cc3)c2=O)CC1. The molecule has 0 spiro atoms. The minimum absolute atomic E-state index is 0.0763. The van der Waals surface area contributed by atoms with Gasteiger partial charge in [0.15, 0.2) is 11.5 Å². The van der Waals surface area contributed by atoms with Crippen LogP contribution in [-0.2, 0) is 16.1 Å². The summed E-state index contributed by atoms with van der Waals surface area (Å²) < 4.78 is 6.60. The number of nitrogens with zero attached hydrogens (tertiary/aromatic N) is 4. The van der Waals surface area contributed by atoms with Gasteiger partial charge in [-0.15, -0.1) is 0 Å². The van der Waals surface area contributed by atoms with E-state index in [1.165, 1.54) is 0 Å². The van der Waals surface area contributed by atoms with Gasteiger partial charge in [0.1, 0.15) is 11.6 Å². The van der Waals surface area contributed by atoms with E-state index in [1.54, 1.807) is 24.6 Å². The van der Waals surface area contributed by atoms with Gasteiger partial charge in [-0.25, -0.2) is 19.6 Å². The third-order valence-electron chi connectivity index (χ3n) is 6.26. The average molecular weight is 493 g/mol. The van der Waals surface area contributed by atoms with E-state index in [0.29, 0.717) is 49.5 Å². The highest BCUT2D eigenvalue weighted by Crippen LogP contribution is 2.19. The molecular formula is C26H32N6O4. The Morgan fingerprint density at radius 2 is 1.89 bits per heavy atom. The van der Waals surface area contributed by atoms with Crippen LogP contribution in [0.2, 0.25) is 0 Å². The first-order chi connectivity index (χ1) is 17.4. The van der Waals surface area contributed by atoms with Crippen LogP contribution in [-0.4, -0.2) is 58.3 Å². The number of pyridine rings is 1. The highest BCUT2D eigenvalue weighted by molar-refractivity contribution is 5.83. The van der Waals surface area contributed by atoms with E-state index in [0.717, 1.165) is 11.1 Å². The molecule has 1 aliphatic rings. The number of urea groups is 1. The molecule has 2 N–H and O–H groups in total. The number of amides is 2. The van der Waals surface area contributed by atoms with Crippen LogP contribution in [0, 0.1) is 6.92 Å². The topological polar surface area (TPSA) is 118 Å².